The summed E-state index contributed by atoms with van der Waals surface area (Å²) in [4.78, 5) is 72.2. The van der Waals surface area contributed by atoms with Crippen LogP contribution in [0.25, 0.3) is 10.8 Å². The van der Waals surface area contributed by atoms with E-state index < -0.39 is 52.8 Å². The number of fused-ring (bicyclic) bond motifs is 1. The average Bonchev–Trinajstić information content (AvgIpc) is 3.85. The monoisotopic (exact) mass is 755 g/mol. The molecule has 0 radical (unpaired) electrons. The summed E-state index contributed by atoms with van der Waals surface area (Å²) in [6.45, 7) is 3.94. The van der Waals surface area contributed by atoms with Crippen molar-refractivity contribution in [2.24, 2.45) is 5.92 Å². The molecule has 2 aromatic carbocycles. The molecule has 14 heteroatoms. The second-order valence-electron chi connectivity index (χ2n) is 16.5. The van der Waals surface area contributed by atoms with Crippen LogP contribution in [0.1, 0.15) is 113 Å². The number of nitrogens with zero attached hydrogens (tertiary/aromatic N) is 4. The molecule has 4 N–H and O–H groups in total. The van der Waals surface area contributed by atoms with Crippen LogP contribution in [-0.4, -0.2) is 97.8 Å². The zero-order valence-corrected chi connectivity index (χ0v) is 31.8. The smallest absolute Gasteiger partial charge is 0.290 e. The van der Waals surface area contributed by atoms with Crippen LogP contribution >= 0.6 is 0 Å². The molecule has 2 saturated heterocycles. The van der Waals surface area contributed by atoms with Gasteiger partial charge in [0.15, 0.2) is 0 Å². The van der Waals surface area contributed by atoms with E-state index in [0.29, 0.717) is 56.6 Å². The fourth-order valence-electron chi connectivity index (χ4n) is 8.86. The minimum Gasteiger partial charge on any atom is -0.384 e. The first-order chi connectivity index (χ1) is 26.4. The Morgan fingerprint density at radius 2 is 1.67 bits per heavy atom. The molecule has 294 valence electrons. The van der Waals surface area contributed by atoms with Gasteiger partial charge in [0.25, 0.3) is 11.8 Å². The number of carbonyl (C=O) groups is 5. The Labute approximate surface area is 321 Å². The van der Waals surface area contributed by atoms with E-state index in [2.05, 4.69) is 26.3 Å². The summed E-state index contributed by atoms with van der Waals surface area (Å²) in [5.74, 6) is -2.57. The largest absolute Gasteiger partial charge is 0.384 e. The number of benzene rings is 2. The van der Waals surface area contributed by atoms with Crippen molar-refractivity contribution in [2.75, 3.05) is 19.8 Å². The Hall–Kier alpha value is -4.69. The molecule has 3 aromatic rings. The first-order valence-electron chi connectivity index (χ1n) is 19.9. The number of Topliss-reactive ketones (excluding diaryl/α,β-unsaturated/α-hetero) is 1. The van der Waals surface area contributed by atoms with Crippen LogP contribution in [0.15, 0.2) is 48.7 Å². The number of aliphatic hydroxyl groups is 1. The standard InChI is InChI=1S/C41H53N7O7/c1-40(2,54)34-22-42-46-48(34)31-21-33(37(51)45-41(17-9-4-10-18-41)35(49)38(52)43-30-24-55-25-30)47(23-31)39(53)32(19-26-11-5-3-6-12-26)44-36(50)29-16-15-27-13-7-8-14-28(27)20-29/h7-8,13-16,20,22,26,30-33,54H,3-6,9-12,17-19,21,23-25H2,1-2H3,(H,43,52)(H,44,50)(H,45,51)/t31-,32+,33-/m0/s1. The molecule has 55 heavy (non-hydrogen) atoms. The van der Waals surface area contributed by atoms with Crippen LogP contribution in [0.5, 0.6) is 0 Å². The van der Waals surface area contributed by atoms with Crippen molar-refractivity contribution >= 4 is 40.2 Å². The van der Waals surface area contributed by atoms with E-state index in [-0.39, 0.29) is 30.8 Å². The maximum absolute atomic E-state index is 15.0. The SMILES string of the molecule is CC(C)(O)c1cnnn1[C@H]1C[C@@H](C(=O)NC2(C(=O)C(=O)NC3COC3)CCCCC2)N(C(=O)[C@@H](CC2CCCCC2)NC(=O)c2ccc3ccccc3c2)C1. The molecule has 7 rings (SSSR count). The van der Waals surface area contributed by atoms with Gasteiger partial charge in [0.05, 0.1) is 37.2 Å². The van der Waals surface area contributed by atoms with Gasteiger partial charge in [0.1, 0.15) is 23.2 Å². The van der Waals surface area contributed by atoms with E-state index in [1.54, 1.807) is 24.6 Å². The number of likely N-dealkylation sites (tertiary alicyclic amines) is 1. The Balaban J connectivity index is 1.19. The summed E-state index contributed by atoms with van der Waals surface area (Å²) in [5.41, 5.74) is -1.89. The van der Waals surface area contributed by atoms with E-state index in [1.807, 2.05) is 36.4 Å². The molecule has 14 nitrogen and oxygen atoms in total. The number of hydrogen-bond acceptors (Lipinski definition) is 9. The molecule has 2 saturated carbocycles. The highest BCUT2D eigenvalue weighted by molar-refractivity contribution is 6.40. The third-order valence-corrected chi connectivity index (χ3v) is 12.0. The molecule has 4 amide bonds. The van der Waals surface area contributed by atoms with Gasteiger partial charge in [-0.15, -0.1) is 5.10 Å². The highest BCUT2D eigenvalue weighted by Gasteiger charge is 2.50. The number of nitrogens with one attached hydrogen (secondary N) is 3. The van der Waals surface area contributed by atoms with Crippen LogP contribution in [0.4, 0.5) is 0 Å². The molecule has 1 aromatic heterocycles. The Morgan fingerprint density at radius 3 is 2.36 bits per heavy atom. The number of carbonyl (C=O) groups excluding carboxylic acids is 5. The Morgan fingerprint density at radius 1 is 0.964 bits per heavy atom. The summed E-state index contributed by atoms with van der Waals surface area (Å²) < 4.78 is 6.73. The van der Waals surface area contributed by atoms with Gasteiger partial charge in [-0.2, -0.15) is 0 Å². The number of ether oxygens (including phenoxy) is 1. The van der Waals surface area contributed by atoms with E-state index in [9.17, 15) is 29.1 Å². The number of hydrogen-bond donors (Lipinski definition) is 4. The quantitative estimate of drug-likeness (QED) is 0.201. The molecule has 2 aliphatic heterocycles. The van der Waals surface area contributed by atoms with Gasteiger partial charge >= 0.3 is 0 Å². The van der Waals surface area contributed by atoms with Gasteiger partial charge in [0.2, 0.25) is 17.6 Å². The number of aromatic nitrogens is 3. The van der Waals surface area contributed by atoms with Crippen molar-refractivity contribution in [1.82, 2.24) is 35.8 Å². The third-order valence-electron chi connectivity index (χ3n) is 12.0. The predicted octanol–water partition coefficient (Wildman–Crippen LogP) is 3.47. The van der Waals surface area contributed by atoms with Crippen molar-refractivity contribution in [3.05, 3.63) is 59.9 Å². The highest BCUT2D eigenvalue weighted by Crippen LogP contribution is 2.35. The lowest BCUT2D eigenvalue weighted by Crippen LogP contribution is -2.64. The lowest BCUT2D eigenvalue weighted by Gasteiger charge is -2.38. The summed E-state index contributed by atoms with van der Waals surface area (Å²) in [6, 6.07) is 10.4. The predicted molar refractivity (Wildman–Crippen MR) is 203 cm³/mol. The first-order valence-corrected chi connectivity index (χ1v) is 19.9. The van der Waals surface area contributed by atoms with Gasteiger partial charge in [0, 0.05) is 18.5 Å². The van der Waals surface area contributed by atoms with Crippen LogP contribution < -0.4 is 16.0 Å². The van der Waals surface area contributed by atoms with Crippen LogP contribution in [0.2, 0.25) is 0 Å². The average molecular weight is 756 g/mol. The normalized spacial score (nSPS) is 22.4. The maximum Gasteiger partial charge on any atom is 0.290 e. The number of ketones is 1. The van der Waals surface area contributed by atoms with Gasteiger partial charge in [-0.05, 0) is 61.9 Å². The zero-order valence-electron chi connectivity index (χ0n) is 31.8. The Kier molecular flexibility index (Phi) is 11.4. The topological polar surface area (TPSA) is 185 Å². The number of rotatable bonds is 12. The van der Waals surface area contributed by atoms with Crippen molar-refractivity contribution in [1.29, 1.82) is 0 Å². The van der Waals surface area contributed by atoms with Crippen molar-refractivity contribution in [3.63, 3.8) is 0 Å². The van der Waals surface area contributed by atoms with E-state index >= 15 is 0 Å². The van der Waals surface area contributed by atoms with Crippen LogP contribution in [0.3, 0.4) is 0 Å². The molecule has 0 unspecified atom stereocenters. The second-order valence-corrected chi connectivity index (χ2v) is 16.5. The minimum atomic E-state index is -1.42. The fourth-order valence-corrected chi connectivity index (χ4v) is 8.86. The highest BCUT2D eigenvalue weighted by atomic mass is 16.5. The molecule has 4 fully saturated rings. The molecule has 4 aliphatic rings. The van der Waals surface area contributed by atoms with Gasteiger partial charge in [-0.1, -0.05) is 86.9 Å². The van der Waals surface area contributed by atoms with Crippen LogP contribution in [-0.2, 0) is 29.5 Å². The summed E-state index contributed by atoms with van der Waals surface area (Å²) in [6.07, 6.45) is 9.88. The third kappa shape index (κ3) is 8.45. The minimum absolute atomic E-state index is 0.0550. The fraction of sp³-hybridized carbons (Fsp3) is 0.585. The maximum atomic E-state index is 15.0. The van der Waals surface area contributed by atoms with E-state index in [0.717, 1.165) is 49.3 Å². The van der Waals surface area contributed by atoms with Crippen molar-refractivity contribution < 1.29 is 33.8 Å². The molecule has 2 aliphatic carbocycles. The summed E-state index contributed by atoms with van der Waals surface area (Å²) in [7, 11) is 0. The van der Waals surface area contributed by atoms with Gasteiger partial charge in [-0.25, -0.2) is 4.68 Å². The second kappa shape index (κ2) is 16.2. The lowest BCUT2D eigenvalue weighted by molar-refractivity contribution is -0.148. The van der Waals surface area contributed by atoms with Gasteiger partial charge < -0.3 is 30.7 Å². The first kappa shape index (κ1) is 38.6. The molecule has 0 spiro atoms. The molecular formula is C41H53N7O7. The molecule has 0 bridgehead atoms. The van der Waals surface area contributed by atoms with Crippen LogP contribution in [0, 0.1) is 5.92 Å². The molecule has 3 heterocycles. The summed E-state index contributed by atoms with van der Waals surface area (Å²) >= 11 is 0. The Bertz CT molecular complexity index is 1910. The summed E-state index contributed by atoms with van der Waals surface area (Å²) in [5, 5.41) is 30.0. The van der Waals surface area contributed by atoms with Gasteiger partial charge in [-0.3, -0.25) is 24.0 Å². The zero-order chi connectivity index (χ0) is 38.7. The van der Waals surface area contributed by atoms with E-state index in [4.69, 9.17) is 4.74 Å². The van der Waals surface area contributed by atoms with Crippen molar-refractivity contribution in [3.8, 4) is 0 Å². The van der Waals surface area contributed by atoms with Crippen molar-refractivity contribution in [2.45, 2.75) is 126 Å². The molecular weight excluding hydrogens is 702 g/mol. The molecule has 3 atom stereocenters. The number of amides is 4. The lowest BCUT2D eigenvalue weighted by atomic mass is 9.77. The van der Waals surface area contributed by atoms with E-state index in [1.165, 1.54) is 11.1 Å².